The number of nitrogens with zero attached hydrogens (tertiary/aromatic N) is 2. The molecule has 7 nitrogen and oxygen atoms in total. The Hall–Kier alpha value is -3.22. The number of hydrogen-bond donors (Lipinski definition) is 1. The van der Waals surface area contributed by atoms with Crippen molar-refractivity contribution in [1.29, 1.82) is 0 Å². The molecular weight excluding hydrogens is 394 g/mol. The van der Waals surface area contributed by atoms with Gasteiger partial charge < -0.3 is 10.2 Å². The lowest BCUT2D eigenvalue weighted by Gasteiger charge is -2.33. The maximum absolute atomic E-state index is 13.3. The lowest BCUT2D eigenvalue weighted by atomic mass is 10.0. The molecular formula is C24H31N3O4. The predicted octanol–water partition coefficient (Wildman–Crippen LogP) is 3.90. The van der Waals surface area contributed by atoms with Gasteiger partial charge in [0.15, 0.2) is 0 Å². The number of benzene rings is 2. The first-order valence-electron chi connectivity index (χ1n) is 10.5. The number of carbonyl (C=O) groups is 2. The molecule has 0 bridgehead atoms. The number of carbonyl (C=O) groups excluding carboxylic acids is 2. The van der Waals surface area contributed by atoms with E-state index in [9.17, 15) is 19.7 Å². The number of hydrogen-bond acceptors (Lipinski definition) is 4. The first-order chi connectivity index (χ1) is 14.6. The standard InChI is InChI=1S/C24H31N3O4/c1-5-20(23(29)25-24(2,3)4)26(16-15-18-11-7-6-8-12-18)22(28)17-19-13-9-10-14-21(19)27(30)31/h6-14,20H,5,15-17H2,1-4H3,(H,25,29)/t20-/m0/s1. The van der Waals surface area contributed by atoms with Crippen LogP contribution in [-0.2, 0) is 22.4 Å². The Labute approximate surface area is 183 Å². The van der Waals surface area contributed by atoms with Gasteiger partial charge in [-0.2, -0.15) is 0 Å². The third-order valence-electron chi connectivity index (χ3n) is 4.90. The highest BCUT2D eigenvalue weighted by atomic mass is 16.6. The van der Waals surface area contributed by atoms with Gasteiger partial charge in [-0.3, -0.25) is 19.7 Å². The molecule has 166 valence electrons. The van der Waals surface area contributed by atoms with Crippen molar-refractivity contribution in [3.05, 3.63) is 75.8 Å². The van der Waals surface area contributed by atoms with Crippen LogP contribution in [0.3, 0.4) is 0 Å². The number of para-hydroxylation sites is 1. The summed E-state index contributed by atoms with van der Waals surface area (Å²) >= 11 is 0. The largest absolute Gasteiger partial charge is 0.350 e. The van der Waals surface area contributed by atoms with Crippen molar-refractivity contribution in [2.75, 3.05) is 6.54 Å². The van der Waals surface area contributed by atoms with Gasteiger partial charge in [-0.05, 0) is 39.2 Å². The first-order valence-corrected chi connectivity index (χ1v) is 10.5. The Morgan fingerprint density at radius 1 is 1.06 bits per heavy atom. The molecule has 0 saturated heterocycles. The van der Waals surface area contributed by atoms with E-state index in [1.165, 1.54) is 6.07 Å². The minimum absolute atomic E-state index is 0.0916. The van der Waals surface area contributed by atoms with E-state index >= 15 is 0 Å². The van der Waals surface area contributed by atoms with Crippen molar-refractivity contribution < 1.29 is 14.5 Å². The van der Waals surface area contributed by atoms with Crippen LogP contribution in [-0.4, -0.2) is 39.8 Å². The van der Waals surface area contributed by atoms with Gasteiger partial charge in [0.25, 0.3) is 5.69 Å². The first kappa shape index (κ1) is 24.1. The molecule has 31 heavy (non-hydrogen) atoms. The Kier molecular flexibility index (Phi) is 8.30. The zero-order valence-corrected chi connectivity index (χ0v) is 18.6. The van der Waals surface area contributed by atoms with Crippen molar-refractivity contribution in [2.45, 2.75) is 58.5 Å². The molecule has 0 saturated carbocycles. The van der Waals surface area contributed by atoms with Crippen LogP contribution in [0.1, 0.15) is 45.2 Å². The fourth-order valence-electron chi connectivity index (χ4n) is 3.45. The quantitative estimate of drug-likeness (QED) is 0.487. The molecule has 0 aliphatic carbocycles. The Balaban J connectivity index is 2.30. The molecule has 7 heteroatoms. The van der Waals surface area contributed by atoms with Crippen molar-refractivity contribution in [3.8, 4) is 0 Å². The van der Waals surface area contributed by atoms with Gasteiger partial charge in [-0.25, -0.2) is 0 Å². The van der Waals surface area contributed by atoms with Gasteiger partial charge >= 0.3 is 0 Å². The number of nitrogens with one attached hydrogen (secondary N) is 1. The van der Waals surface area contributed by atoms with Crippen LogP contribution in [0, 0.1) is 10.1 Å². The molecule has 1 atom stereocenters. The second-order valence-electron chi connectivity index (χ2n) is 8.55. The van der Waals surface area contributed by atoms with E-state index in [4.69, 9.17) is 0 Å². The number of nitro benzene ring substituents is 1. The predicted molar refractivity (Wildman–Crippen MR) is 121 cm³/mol. The van der Waals surface area contributed by atoms with Crippen LogP contribution in [0.25, 0.3) is 0 Å². The lowest BCUT2D eigenvalue weighted by Crippen LogP contribution is -2.54. The zero-order valence-electron chi connectivity index (χ0n) is 18.6. The highest BCUT2D eigenvalue weighted by molar-refractivity contribution is 5.89. The van der Waals surface area contributed by atoms with Crippen LogP contribution >= 0.6 is 0 Å². The molecule has 0 radical (unpaired) electrons. The molecule has 0 spiro atoms. The van der Waals surface area contributed by atoms with Crippen molar-refractivity contribution in [1.82, 2.24) is 10.2 Å². The van der Waals surface area contributed by atoms with Crippen molar-refractivity contribution in [2.24, 2.45) is 0 Å². The summed E-state index contributed by atoms with van der Waals surface area (Å²) < 4.78 is 0. The fourth-order valence-corrected chi connectivity index (χ4v) is 3.45. The van der Waals surface area contributed by atoms with Gasteiger partial charge in [0.05, 0.1) is 11.3 Å². The molecule has 0 fully saturated rings. The van der Waals surface area contributed by atoms with E-state index in [0.29, 0.717) is 24.9 Å². The minimum Gasteiger partial charge on any atom is -0.350 e. The molecule has 0 unspecified atom stereocenters. The van der Waals surface area contributed by atoms with E-state index in [-0.39, 0.29) is 23.9 Å². The molecule has 0 aromatic heterocycles. The van der Waals surface area contributed by atoms with Gasteiger partial charge in [0.1, 0.15) is 6.04 Å². The molecule has 1 N–H and O–H groups in total. The summed E-state index contributed by atoms with van der Waals surface area (Å²) in [5, 5.41) is 14.3. The molecule has 2 aromatic carbocycles. The van der Waals surface area contributed by atoms with Gasteiger partial charge in [-0.15, -0.1) is 0 Å². The summed E-state index contributed by atoms with van der Waals surface area (Å²) in [6, 6.07) is 15.3. The Morgan fingerprint density at radius 3 is 2.26 bits per heavy atom. The van der Waals surface area contributed by atoms with Crippen LogP contribution in [0.2, 0.25) is 0 Å². The molecule has 2 rings (SSSR count). The molecule has 2 aromatic rings. The Bertz CT molecular complexity index is 907. The number of amides is 2. The maximum Gasteiger partial charge on any atom is 0.273 e. The highest BCUT2D eigenvalue weighted by Crippen LogP contribution is 2.20. The molecule has 0 aliphatic rings. The van der Waals surface area contributed by atoms with Gasteiger partial charge in [0.2, 0.25) is 11.8 Å². The summed E-state index contributed by atoms with van der Waals surface area (Å²) in [5.41, 5.74) is 0.869. The molecule has 2 amide bonds. The second-order valence-corrected chi connectivity index (χ2v) is 8.55. The third kappa shape index (κ3) is 7.20. The Morgan fingerprint density at radius 2 is 1.68 bits per heavy atom. The summed E-state index contributed by atoms with van der Waals surface area (Å²) in [7, 11) is 0. The zero-order chi connectivity index (χ0) is 23.0. The molecule has 0 heterocycles. The summed E-state index contributed by atoms with van der Waals surface area (Å²) in [6.07, 6.45) is 0.896. The highest BCUT2D eigenvalue weighted by Gasteiger charge is 2.31. The summed E-state index contributed by atoms with van der Waals surface area (Å²) in [4.78, 5) is 38.7. The van der Waals surface area contributed by atoms with E-state index < -0.39 is 16.5 Å². The topological polar surface area (TPSA) is 92.6 Å². The fraction of sp³-hybridized carbons (Fsp3) is 0.417. The maximum atomic E-state index is 13.3. The van der Waals surface area contributed by atoms with Crippen molar-refractivity contribution >= 4 is 17.5 Å². The average Bonchev–Trinajstić information content (AvgIpc) is 2.70. The van der Waals surface area contributed by atoms with Crippen LogP contribution < -0.4 is 5.32 Å². The van der Waals surface area contributed by atoms with E-state index in [2.05, 4.69) is 5.32 Å². The third-order valence-corrected chi connectivity index (χ3v) is 4.90. The lowest BCUT2D eigenvalue weighted by molar-refractivity contribution is -0.385. The van der Waals surface area contributed by atoms with E-state index in [1.54, 1.807) is 23.1 Å². The SMILES string of the molecule is CC[C@@H](C(=O)NC(C)(C)C)N(CCc1ccccc1)C(=O)Cc1ccccc1[N+](=O)[O-]. The summed E-state index contributed by atoms with van der Waals surface area (Å²) in [5.74, 6) is -0.528. The molecule has 0 aliphatic heterocycles. The van der Waals surface area contributed by atoms with Crippen molar-refractivity contribution in [3.63, 3.8) is 0 Å². The van der Waals surface area contributed by atoms with Crippen LogP contribution in [0.15, 0.2) is 54.6 Å². The average molecular weight is 426 g/mol. The number of nitro groups is 1. The van der Waals surface area contributed by atoms with Crippen LogP contribution in [0.5, 0.6) is 0 Å². The van der Waals surface area contributed by atoms with Gasteiger partial charge in [0, 0.05) is 23.7 Å². The van der Waals surface area contributed by atoms with E-state index in [1.807, 2.05) is 58.0 Å². The smallest absolute Gasteiger partial charge is 0.273 e. The van der Waals surface area contributed by atoms with Crippen LogP contribution in [0.4, 0.5) is 5.69 Å². The van der Waals surface area contributed by atoms with Gasteiger partial charge in [-0.1, -0.05) is 55.5 Å². The number of rotatable bonds is 9. The minimum atomic E-state index is -0.654. The second kappa shape index (κ2) is 10.7. The van der Waals surface area contributed by atoms with E-state index in [0.717, 1.165) is 5.56 Å². The summed E-state index contributed by atoms with van der Waals surface area (Å²) in [6.45, 7) is 7.88. The monoisotopic (exact) mass is 425 g/mol. The normalized spacial score (nSPS) is 12.1.